The van der Waals surface area contributed by atoms with E-state index in [0.29, 0.717) is 6.42 Å². The first-order valence-corrected chi connectivity index (χ1v) is 4.46. The number of aliphatic hydroxyl groups is 1. The Hall–Kier alpha value is -0.550. The summed E-state index contributed by atoms with van der Waals surface area (Å²) in [6, 6.07) is 2.31. The Balaban J connectivity index is 2.78. The maximum Gasteiger partial charge on any atom is 0.0688 e. The van der Waals surface area contributed by atoms with E-state index in [1.54, 1.807) is 0 Å². The van der Waals surface area contributed by atoms with Gasteiger partial charge in [-0.1, -0.05) is 13.8 Å². The highest BCUT2D eigenvalue weighted by Gasteiger charge is 2.40. The second-order valence-electron chi connectivity index (χ2n) is 5.08. The summed E-state index contributed by atoms with van der Waals surface area (Å²) in [6.45, 7) is 6.17. The number of nitriles is 1. The van der Waals surface area contributed by atoms with Gasteiger partial charge in [-0.2, -0.15) is 5.26 Å². The van der Waals surface area contributed by atoms with E-state index in [4.69, 9.17) is 5.26 Å². The highest BCUT2D eigenvalue weighted by molar-refractivity contribution is 5.03. The minimum absolute atomic E-state index is 0.113. The molecule has 68 valence electrons. The van der Waals surface area contributed by atoms with Gasteiger partial charge in [0.2, 0.25) is 0 Å². The molecule has 0 spiro atoms. The van der Waals surface area contributed by atoms with Crippen LogP contribution in [0.3, 0.4) is 0 Å². The van der Waals surface area contributed by atoms with Crippen molar-refractivity contribution in [3.63, 3.8) is 0 Å². The number of aliphatic hydroxyl groups excluding tert-OH is 1. The molecule has 0 aromatic carbocycles. The third-order valence-electron chi connectivity index (χ3n) is 2.61. The third kappa shape index (κ3) is 1.98. The minimum Gasteiger partial charge on any atom is -0.393 e. The van der Waals surface area contributed by atoms with Gasteiger partial charge >= 0.3 is 0 Å². The zero-order valence-corrected chi connectivity index (χ0v) is 8.09. The van der Waals surface area contributed by atoms with E-state index < -0.39 is 0 Å². The summed E-state index contributed by atoms with van der Waals surface area (Å²) >= 11 is 0. The summed E-state index contributed by atoms with van der Waals surface area (Å²) in [7, 11) is 0. The van der Waals surface area contributed by atoms with Gasteiger partial charge in [0.25, 0.3) is 0 Å². The normalized spacial score (nSPS) is 40.4. The van der Waals surface area contributed by atoms with Crippen molar-refractivity contribution >= 4 is 0 Å². The standard InChI is InChI=1S/C10H17NO/c1-9(2)4-8(12)5-10(3,6-9)7-11/h8,12H,4-6H2,1-3H3. The molecule has 0 heterocycles. The molecule has 2 heteroatoms. The van der Waals surface area contributed by atoms with Crippen LogP contribution in [0.5, 0.6) is 0 Å². The maximum atomic E-state index is 9.56. The molecule has 0 aliphatic heterocycles. The molecule has 2 atom stereocenters. The van der Waals surface area contributed by atoms with Crippen molar-refractivity contribution in [1.82, 2.24) is 0 Å². The molecular formula is C10H17NO. The third-order valence-corrected chi connectivity index (χ3v) is 2.61. The van der Waals surface area contributed by atoms with E-state index in [1.807, 2.05) is 6.92 Å². The Labute approximate surface area is 74.2 Å². The predicted octanol–water partition coefficient (Wildman–Crippen LogP) is 2.09. The highest BCUT2D eigenvalue weighted by atomic mass is 16.3. The Morgan fingerprint density at radius 3 is 2.33 bits per heavy atom. The van der Waals surface area contributed by atoms with Crippen molar-refractivity contribution in [3.8, 4) is 6.07 Å². The summed E-state index contributed by atoms with van der Waals surface area (Å²) in [5.74, 6) is 0. The molecule has 2 nitrogen and oxygen atoms in total. The Kier molecular flexibility index (Phi) is 2.18. The lowest BCUT2D eigenvalue weighted by Crippen LogP contribution is -2.37. The fourth-order valence-corrected chi connectivity index (χ4v) is 2.52. The van der Waals surface area contributed by atoms with Crippen molar-refractivity contribution in [2.45, 2.75) is 46.1 Å². The van der Waals surface area contributed by atoms with E-state index in [-0.39, 0.29) is 16.9 Å². The van der Waals surface area contributed by atoms with Crippen molar-refractivity contribution in [1.29, 1.82) is 5.26 Å². The number of rotatable bonds is 0. The van der Waals surface area contributed by atoms with E-state index in [1.165, 1.54) is 0 Å². The quantitative estimate of drug-likeness (QED) is 0.600. The van der Waals surface area contributed by atoms with Crippen LogP contribution in [0, 0.1) is 22.2 Å². The van der Waals surface area contributed by atoms with Gasteiger partial charge in [-0.15, -0.1) is 0 Å². The van der Waals surface area contributed by atoms with Gasteiger partial charge in [0, 0.05) is 0 Å². The predicted molar refractivity (Wildman–Crippen MR) is 47.4 cm³/mol. The molecule has 1 aliphatic carbocycles. The smallest absolute Gasteiger partial charge is 0.0688 e. The molecule has 1 saturated carbocycles. The molecule has 0 saturated heterocycles. The van der Waals surface area contributed by atoms with Gasteiger partial charge in [0.1, 0.15) is 0 Å². The topological polar surface area (TPSA) is 44.0 Å². The monoisotopic (exact) mass is 167 g/mol. The Morgan fingerprint density at radius 1 is 1.33 bits per heavy atom. The van der Waals surface area contributed by atoms with E-state index in [2.05, 4.69) is 19.9 Å². The summed E-state index contributed by atoms with van der Waals surface area (Å²) in [4.78, 5) is 0. The lowest BCUT2D eigenvalue weighted by atomic mass is 9.64. The van der Waals surface area contributed by atoms with Crippen molar-refractivity contribution < 1.29 is 5.11 Å². The lowest BCUT2D eigenvalue weighted by Gasteiger charge is -2.41. The van der Waals surface area contributed by atoms with Crippen LogP contribution in [-0.2, 0) is 0 Å². The lowest BCUT2D eigenvalue weighted by molar-refractivity contribution is 0.0148. The first-order chi connectivity index (χ1) is 5.37. The van der Waals surface area contributed by atoms with Crippen LogP contribution >= 0.6 is 0 Å². The summed E-state index contributed by atoms with van der Waals surface area (Å²) in [6.07, 6.45) is 2.06. The van der Waals surface area contributed by atoms with E-state index in [0.717, 1.165) is 12.8 Å². The maximum absolute atomic E-state index is 9.56. The summed E-state index contributed by atoms with van der Waals surface area (Å²) in [5, 5.41) is 18.5. The first-order valence-electron chi connectivity index (χ1n) is 4.46. The van der Waals surface area contributed by atoms with Gasteiger partial charge in [0.15, 0.2) is 0 Å². The van der Waals surface area contributed by atoms with Crippen LogP contribution in [-0.4, -0.2) is 11.2 Å². The molecular weight excluding hydrogens is 150 g/mol. The molecule has 12 heavy (non-hydrogen) atoms. The van der Waals surface area contributed by atoms with Crippen molar-refractivity contribution in [2.75, 3.05) is 0 Å². The SMILES string of the molecule is CC1(C)CC(O)CC(C)(C#N)C1. The zero-order valence-electron chi connectivity index (χ0n) is 8.09. The van der Waals surface area contributed by atoms with E-state index >= 15 is 0 Å². The van der Waals surface area contributed by atoms with Gasteiger partial charge in [-0.25, -0.2) is 0 Å². The number of hydrogen-bond acceptors (Lipinski definition) is 2. The molecule has 2 unspecified atom stereocenters. The molecule has 0 aromatic heterocycles. The minimum atomic E-state index is -0.318. The molecule has 1 fully saturated rings. The zero-order chi connectivity index (χ0) is 9.41. The van der Waals surface area contributed by atoms with Crippen molar-refractivity contribution in [2.24, 2.45) is 10.8 Å². The molecule has 0 radical (unpaired) electrons. The second kappa shape index (κ2) is 2.74. The van der Waals surface area contributed by atoms with Gasteiger partial charge in [0.05, 0.1) is 17.6 Å². The average Bonchev–Trinajstić information content (AvgIpc) is 1.82. The molecule has 1 rings (SSSR count). The number of nitrogens with zero attached hydrogens (tertiary/aromatic N) is 1. The van der Waals surface area contributed by atoms with Crippen LogP contribution in [0.15, 0.2) is 0 Å². The molecule has 1 aliphatic rings. The largest absolute Gasteiger partial charge is 0.393 e. The van der Waals surface area contributed by atoms with Gasteiger partial charge in [-0.3, -0.25) is 0 Å². The van der Waals surface area contributed by atoms with Crippen molar-refractivity contribution in [3.05, 3.63) is 0 Å². The Morgan fingerprint density at radius 2 is 1.92 bits per heavy atom. The van der Waals surface area contributed by atoms with Crippen LogP contribution in [0.2, 0.25) is 0 Å². The van der Waals surface area contributed by atoms with Gasteiger partial charge < -0.3 is 5.11 Å². The van der Waals surface area contributed by atoms with Crippen LogP contribution in [0.1, 0.15) is 40.0 Å². The fourth-order valence-electron chi connectivity index (χ4n) is 2.52. The van der Waals surface area contributed by atoms with Crippen LogP contribution in [0.25, 0.3) is 0 Å². The van der Waals surface area contributed by atoms with Crippen LogP contribution in [0.4, 0.5) is 0 Å². The van der Waals surface area contributed by atoms with Crippen LogP contribution < -0.4 is 0 Å². The molecule has 0 bridgehead atoms. The fraction of sp³-hybridized carbons (Fsp3) is 0.900. The highest BCUT2D eigenvalue weighted by Crippen LogP contribution is 2.45. The molecule has 0 amide bonds. The van der Waals surface area contributed by atoms with Gasteiger partial charge in [-0.05, 0) is 31.6 Å². The summed E-state index contributed by atoms with van der Waals surface area (Å²) < 4.78 is 0. The summed E-state index contributed by atoms with van der Waals surface area (Å²) in [5.41, 5.74) is -0.205. The molecule has 1 N–H and O–H groups in total. The number of hydrogen-bond donors (Lipinski definition) is 1. The first kappa shape index (κ1) is 9.54. The second-order valence-corrected chi connectivity index (χ2v) is 5.08. The van der Waals surface area contributed by atoms with E-state index in [9.17, 15) is 5.11 Å². The average molecular weight is 167 g/mol. The Bertz CT molecular complexity index is 216. The molecule has 0 aromatic rings.